The van der Waals surface area contributed by atoms with E-state index in [9.17, 15) is 0 Å². The molecule has 0 aromatic carbocycles. The Labute approximate surface area is 61.9 Å². The Morgan fingerprint density at radius 3 is 0.750 bits per heavy atom. The normalized spacial score (nSPS) is 0.500. The maximum absolute atomic E-state index is 7.50. The predicted molar refractivity (Wildman–Crippen MR) is 46.5 cm³/mol. The second-order valence-corrected chi connectivity index (χ2v) is 0. The molecule has 3 heteroatoms. The third kappa shape index (κ3) is 342. The fourth-order valence-electron chi connectivity index (χ4n) is 0. The molecule has 0 saturated heterocycles. The first-order valence-corrected chi connectivity index (χ1v) is 0.408. The van der Waals surface area contributed by atoms with Crippen molar-refractivity contribution >= 4 is 0 Å². The van der Waals surface area contributed by atoms with Crippen molar-refractivity contribution in [1.82, 2.24) is 0 Å². The standard InChI is InChI=1S/2CO.3CH4.H2O.7H2/c2*1-2;;;;;;;;;;;/h;;3*1H4;1H2;7*1H. The molecule has 0 aliphatic heterocycles. The average Bonchev–Trinajstić information content (AvgIpc) is 1.50. The summed E-state index contributed by atoms with van der Waals surface area (Å²) in [6.45, 7) is 9.00. The summed E-state index contributed by atoms with van der Waals surface area (Å²) in [5, 5.41) is 0. The van der Waals surface area contributed by atoms with Crippen molar-refractivity contribution in [3.8, 4) is 0 Å². The second kappa shape index (κ2) is 608. The van der Waals surface area contributed by atoms with Gasteiger partial charge < -0.3 is 5.48 Å². The monoisotopic (exact) mass is 136 g/mol. The molecule has 0 aliphatic rings. The molecular formula is C5H28O3. The molecule has 0 heterocycles. The zero-order valence-corrected chi connectivity index (χ0v) is 2.32. The Kier molecular flexibility index (Phi) is 11300. The molecule has 0 unspecified atom stereocenters. The van der Waals surface area contributed by atoms with Crippen LogP contribution >= 0.6 is 0 Å². The van der Waals surface area contributed by atoms with Gasteiger partial charge in [0.25, 0.3) is 0 Å². The molecule has 8 heavy (non-hydrogen) atoms. The Morgan fingerprint density at radius 1 is 0.750 bits per heavy atom. The van der Waals surface area contributed by atoms with E-state index in [1.807, 2.05) is 0 Å². The number of hydrogen-bond donors (Lipinski definition) is 0. The van der Waals surface area contributed by atoms with Gasteiger partial charge in [-0.25, -0.2) is 0 Å². The summed E-state index contributed by atoms with van der Waals surface area (Å²) in [5.74, 6) is 0. The molecule has 0 saturated carbocycles. The van der Waals surface area contributed by atoms with Gasteiger partial charge in [-0.15, -0.1) is 0 Å². The van der Waals surface area contributed by atoms with Crippen molar-refractivity contribution in [2.75, 3.05) is 0 Å². The third-order valence-electron chi connectivity index (χ3n) is 0. The molecule has 0 atom stereocenters. The molecule has 0 bridgehead atoms. The maximum Gasteiger partial charge on any atom is 0 e. The van der Waals surface area contributed by atoms with Gasteiger partial charge in [-0.05, 0) is 0 Å². The Balaban J connectivity index is -0.000000000280. The summed E-state index contributed by atoms with van der Waals surface area (Å²) < 4.78 is 15.0. The summed E-state index contributed by atoms with van der Waals surface area (Å²) >= 11 is 0. The van der Waals surface area contributed by atoms with Crippen molar-refractivity contribution in [2.45, 2.75) is 22.3 Å². The summed E-state index contributed by atoms with van der Waals surface area (Å²) in [4.78, 5) is 0. The van der Waals surface area contributed by atoms with Crippen LogP contribution in [0.2, 0.25) is 0 Å². The molecule has 0 aliphatic carbocycles. The van der Waals surface area contributed by atoms with E-state index in [2.05, 4.69) is 13.3 Å². The van der Waals surface area contributed by atoms with E-state index in [1.165, 1.54) is 0 Å². The summed E-state index contributed by atoms with van der Waals surface area (Å²) in [7, 11) is 0. The van der Waals surface area contributed by atoms with Crippen molar-refractivity contribution in [1.29, 1.82) is 0 Å². The second-order valence-electron chi connectivity index (χ2n) is 0. The number of rotatable bonds is 0. The fourth-order valence-corrected chi connectivity index (χ4v) is 0. The van der Waals surface area contributed by atoms with Crippen molar-refractivity contribution in [3.63, 3.8) is 0 Å². The fraction of sp³-hybridized carbons (Fsp3) is 0.600. The maximum atomic E-state index is 7.50. The van der Waals surface area contributed by atoms with Gasteiger partial charge in [0.1, 0.15) is 0 Å². The molecule has 2 N–H and O–H groups in total. The molecule has 0 spiro atoms. The summed E-state index contributed by atoms with van der Waals surface area (Å²) in [6, 6.07) is 0. The van der Waals surface area contributed by atoms with Crippen LogP contribution in [0.3, 0.4) is 0 Å². The predicted octanol–water partition coefficient (Wildman–Crippen LogP) is 2.73. The van der Waals surface area contributed by atoms with Gasteiger partial charge in [-0.1, -0.05) is 22.3 Å². The topological polar surface area (TPSA) is 71.3 Å². The van der Waals surface area contributed by atoms with Gasteiger partial charge in [0.15, 0.2) is 0 Å². The van der Waals surface area contributed by atoms with Gasteiger partial charge in [0.05, 0.1) is 0 Å². The van der Waals surface area contributed by atoms with Gasteiger partial charge in [-0.3, -0.25) is 0 Å². The van der Waals surface area contributed by atoms with E-state index in [-0.39, 0.29) is 37.7 Å². The SMILES string of the molecule is C.C.C.O.[C-]#[O+].[C-]#[O+].[HH].[HH].[HH].[HH].[HH].[HH].[HH]. The number of hydrogen-bond acceptors (Lipinski definition) is 0. The van der Waals surface area contributed by atoms with Crippen LogP contribution in [0.1, 0.15) is 32.3 Å². The average molecular weight is 136 g/mol. The summed E-state index contributed by atoms with van der Waals surface area (Å²) in [6.07, 6.45) is 0. The van der Waals surface area contributed by atoms with Crippen LogP contribution in [0, 0.1) is 13.3 Å². The molecule has 0 aromatic rings. The van der Waals surface area contributed by atoms with Crippen molar-refractivity contribution < 1.29 is 24.8 Å². The molecule has 0 fully saturated rings. The van der Waals surface area contributed by atoms with Crippen LogP contribution < -0.4 is 0 Å². The molecule has 0 radical (unpaired) electrons. The van der Waals surface area contributed by atoms with Gasteiger partial charge in [-0.2, -0.15) is 0 Å². The largest absolute Gasteiger partial charge is 0 e. The van der Waals surface area contributed by atoms with Crippen LogP contribution in [0.5, 0.6) is 0 Å². The quantitative estimate of drug-likeness (QED) is 0.363. The molecular weight excluding hydrogens is 108 g/mol. The van der Waals surface area contributed by atoms with Crippen molar-refractivity contribution in [2.24, 2.45) is 0 Å². The van der Waals surface area contributed by atoms with E-state index < -0.39 is 0 Å². The molecule has 0 rings (SSSR count). The zero-order valence-electron chi connectivity index (χ0n) is 2.32. The van der Waals surface area contributed by atoms with Crippen LogP contribution in [-0.2, 0) is 9.30 Å². The van der Waals surface area contributed by atoms with Crippen LogP contribution in [0.15, 0.2) is 0 Å². The minimum atomic E-state index is 0. The summed E-state index contributed by atoms with van der Waals surface area (Å²) in [5.41, 5.74) is 0. The van der Waals surface area contributed by atoms with Crippen LogP contribution in [-0.4, -0.2) is 5.48 Å². The van der Waals surface area contributed by atoms with Gasteiger partial charge >= 0.3 is 22.6 Å². The Hall–Kier alpha value is -0.560. The van der Waals surface area contributed by atoms with E-state index in [4.69, 9.17) is 9.30 Å². The Bertz CT molecular complexity index is 38.1. The first-order chi connectivity index (χ1) is 2.00. The molecule has 0 aromatic heterocycles. The minimum absolute atomic E-state index is 0. The minimum Gasteiger partial charge on any atom is 0 e. The van der Waals surface area contributed by atoms with Crippen LogP contribution in [0.4, 0.5) is 0 Å². The van der Waals surface area contributed by atoms with Gasteiger partial charge in [0.2, 0.25) is 0 Å². The molecule has 66 valence electrons. The zero-order chi connectivity index (χ0) is 4.00. The smallest absolute Gasteiger partial charge is 0 e. The van der Waals surface area contributed by atoms with Crippen molar-refractivity contribution in [3.05, 3.63) is 13.3 Å². The third-order valence-corrected chi connectivity index (χ3v) is 0. The first kappa shape index (κ1) is 149. The van der Waals surface area contributed by atoms with Gasteiger partial charge in [0, 0.05) is 9.99 Å². The van der Waals surface area contributed by atoms with Crippen LogP contribution in [0.25, 0.3) is 0 Å². The van der Waals surface area contributed by atoms with E-state index in [0.717, 1.165) is 0 Å². The van der Waals surface area contributed by atoms with E-state index >= 15 is 0 Å². The first-order valence-electron chi connectivity index (χ1n) is 0.408. The van der Waals surface area contributed by atoms with E-state index in [0.29, 0.717) is 0 Å². The Morgan fingerprint density at radius 2 is 0.750 bits per heavy atom. The van der Waals surface area contributed by atoms with E-state index in [1.54, 1.807) is 0 Å². The molecule has 3 nitrogen and oxygen atoms in total. The molecule has 0 amide bonds.